The molecule has 0 spiro atoms. The number of carbonyl (C=O) groups is 1. The van der Waals surface area contributed by atoms with Crippen molar-refractivity contribution in [1.29, 1.82) is 0 Å². The van der Waals surface area contributed by atoms with Crippen molar-refractivity contribution < 1.29 is 14.6 Å². The number of ether oxygens (including phenoxy) is 1. The number of unbranched alkanes of at least 4 members (excludes halogenated alkanes) is 14. The minimum atomic E-state index is -0.905. The van der Waals surface area contributed by atoms with Crippen LogP contribution in [-0.2, 0) is 9.53 Å². The molecular weight excluding hydrogens is 364 g/mol. The van der Waals surface area contributed by atoms with Gasteiger partial charge in [0.25, 0.3) is 0 Å². The summed E-state index contributed by atoms with van der Waals surface area (Å²) in [6.45, 7) is 5.11. The summed E-state index contributed by atoms with van der Waals surface area (Å²) in [6.07, 6.45) is 21.9. The average molecular weight is 411 g/mol. The molecule has 0 bridgehead atoms. The van der Waals surface area contributed by atoms with E-state index in [0.29, 0.717) is 6.61 Å². The quantitative estimate of drug-likeness (QED) is 0.234. The first-order chi connectivity index (χ1) is 14.2. The molecule has 0 amide bonds. The lowest BCUT2D eigenvalue weighted by molar-refractivity contribution is -0.142. The molecule has 1 rings (SSSR count). The third-order valence-electron chi connectivity index (χ3n) is 5.76. The summed E-state index contributed by atoms with van der Waals surface area (Å²) in [5.41, 5.74) is 0. The minimum Gasteiger partial charge on any atom is -0.480 e. The number of rotatable bonds is 21. The highest BCUT2D eigenvalue weighted by Gasteiger charge is 2.15. The van der Waals surface area contributed by atoms with Gasteiger partial charge in [-0.05, 0) is 6.42 Å². The van der Waals surface area contributed by atoms with Crippen molar-refractivity contribution >= 4 is 11.8 Å². The SMILES string of the molecule is CCCCCCCCCCCCCCCCCC1=NCCN1CCOCC(=O)O. The van der Waals surface area contributed by atoms with E-state index < -0.39 is 5.97 Å². The van der Waals surface area contributed by atoms with Gasteiger partial charge in [0.05, 0.1) is 19.0 Å². The van der Waals surface area contributed by atoms with Crippen LogP contribution in [0, 0.1) is 0 Å². The Morgan fingerprint density at radius 3 is 1.93 bits per heavy atom. The number of hydrogen-bond donors (Lipinski definition) is 1. The highest BCUT2D eigenvalue weighted by Crippen LogP contribution is 2.15. The minimum absolute atomic E-state index is 0.209. The first-order valence-electron chi connectivity index (χ1n) is 12.3. The molecule has 0 radical (unpaired) electrons. The Morgan fingerprint density at radius 1 is 0.897 bits per heavy atom. The van der Waals surface area contributed by atoms with Crippen LogP contribution in [0.4, 0.5) is 0 Å². The van der Waals surface area contributed by atoms with Gasteiger partial charge < -0.3 is 14.7 Å². The summed E-state index contributed by atoms with van der Waals surface area (Å²) in [4.78, 5) is 17.3. The van der Waals surface area contributed by atoms with Gasteiger partial charge in [-0.2, -0.15) is 0 Å². The molecule has 170 valence electrons. The van der Waals surface area contributed by atoms with Gasteiger partial charge in [-0.25, -0.2) is 4.79 Å². The topological polar surface area (TPSA) is 62.1 Å². The average Bonchev–Trinajstić information content (AvgIpc) is 3.15. The smallest absolute Gasteiger partial charge is 0.329 e. The van der Waals surface area contributed by atoms with Crippen LogP contribution in [0.2, 0.25) is 0 Å². The molecule has 1 heterocycles. The summed E-state index contributed by atoms with van der Waals surface area (Å²) in [7, 11) is 0. The maximum atomic E-state index is 10.5. The standard InChI is InChI=1S/C24H46N2O3/c1-2-3-4-5-6-7-8-9-10-11-12-13-14-15-16-17-23-25-18-19-26(23)20-21-29-22-24(27)28/h2-22H2,1H3,(H,27,28). The van der Waals surface area contributed by atoms with Gasteiger partial charge in [0.2, 0.25) is 0 Å². The van der Waals surface area contributed by atoms with Gasteiger partial charge in [-0.3, -0.25) is 4.99 Å². The molecule has 1 N–H and O–H groups in total. The lowest BCUT2D eigenvalue weighted by Crippen LogP contribution is -2.31. The lowest BCUT2D eigenvalue weighted by atomic mass is 10.0. The number of nitrogens with zero attached hydrogens (tertiary/aromatic N) is 2. The third-order valence-corrected chi connectivity index (χ3v) is 5.76. The maximum absolute atomic E-state index is 10.5. The van der Waals surface area contributed by atoms with Crippen LogP contribution >= 0.6 is 0 Å². The molecule has 29 heavy (non-hydrogen) atoms. The fourth-order valence-electron chi connectivity index (χ4n) is 4.00. The van der Waals surface area contributed by atoms with Gasteiger partial charge in [0, 0.05) is 19.5 Å². The molecule has 1 aliphatic rings. The summed E-state index contributed by atoms with van der Waals surface area (Å²) >= 11 is 0. The van der Waals surface area contributed by atoms with E-state index in [1.165, 1.54) is 102 Å². The summed E-state index contributed by atoms with van der Waals surface area (Å²) in [6, 6.07) is 0. The van der Waals surface area contributed by atoms with Crippen molar-refractivity contribution in [1.82, 2.24) is 4.90 Å². The molecule has 5 heteroatoms. The van der Waals surface area contributed by atoms with Crippen molar-refractivity contribution in [2.75, 3.05) is 32.8 Å². The fraction of sp³-hybridized carbons (Fsp3) is 0.917. The monoisotopic (exact) mass is 410 g/mol. The molecule has 0 fully saturated rings. The van der Waals surface area contributed by atoms with E-state index >= 15 is 0 Å². The molecule has 0 aliphatic carbocycles. The van der Waals surface area contributed by atoms with Crippen molar-refractivity contribution in [2.24, 2.45) is 4.99 Å². The van der Waals surface area contributed by atoms with Crippen molar-refractivity contribution in [3.8, 4) is 0 Å². The Bertz CT molecular complexity index is 426. The zero-order valence-corrected chi connectivity index (χ0v) is 19.0. The summed E-state index contributed by atoms with van der Waals surface area (Å²) in [5.74, 6) is 0.289. The summed E-state index contributed by atoms with van der Waals surface area (Å²) < 4.78 is 5.14. The molecule has 0 aromatic heterocycles. The largest absolute Gasteiger partial charge is 0.480 e. The van der Waals surface area contributed by atoms with E-state index in [4.69, 9.17) is 9.84 Å². The molecule has 0 unspecified atom stereocenters. The number of carboxylic acids is 1. The first-order valence-corrected chi connectivity index (χ1v) is 12.3. The van der Waals surface area contributed by atoms with Gasteiger partial charge in [0.1, 0.15) is 6.61 Å². The molecule has 0 aromatic carbocycles. The lowest BCUT2D eigenvalue weighted by Gasteiger charge is -2.20. The highest BCUT2D eigenvalue weighted by molar-refractivity contribution is 5.83. The molecule has 1 aliphatic heterocycles. The number of amidine groups is 1. The van der Waals surface area contributed by atoms with Crippen molar-refractivity contribution in [2.45, 2.75) is 110 Å². The van der Waals surface area contributed by atoms with Crippen LogP contribution in [0.1, 0.15) is 110 Å². The summed E-state index contributed by atoms with van der Waals surface area (Å²) in [5, 5.41) is 8.60. The number of hydrogen-bond acceptors (Lipinski definition) is 4. The van der Waals surface area contributed by atoms with E-state index in [0.717, 1.165) is 26.1 Å². The predicted molar refractivity (Wildman–Crippen MR) is 122 cm³/mol. The maximum Gasteiger partial charge on any atom is 0.329 e. The number of aliphatic imine (C=N–C) groups is 1. The third kappa shape index (κ3) is 15.4. The van der Waals surface area contributed by atoms with E-state index in [2.05, 4.69) is 16.8 Å². The number of carboxylic acid groups (broad SMARTS) is 1. The molecule has 5 nitrogen and oxygen atoms in total. The molecular formula is C24H46N2O3. The van der Waals surface area contributed by atoms with E-state index in [1.807, 2.05) is 0 Å². The van der Waals surface area contributed by atoms with Crippen LogP contribution in [0.25, 0.3) is 0 Å². The normalized spacial score (nSPS) is 13.8. The van der Waals surface area contributed by atoms with E-state index in [9.17, 15) is 4.79 Å². The van der Waals surface area contributed by atoms with E-state index in [-0.39, 0.29) is 6.61 Å². The van der Waals surface area contributed by atoms with Gasteiger partial charge >= 0.3 is 5.97 Å². The Kier molecular flexibility index (Phi) is 16.9. The molecule has 0 saturated heterocycles. The molecule has 0 atom stereocenters. The van der Waals surface area contributed by atoms with Crippen molar-refractivity contribution in [3.63, 3.8) is 0 Å². The zero-order valence-electron chi connectivity index (χ0n) is 19.0. The Balaban J connectivity index is 1.84. The Labute approximate surface area is 179 Å². The fourth-order valence-corrected chi connectivity index (χ4v) is 4.00. The Morgan fingerprint density at radius 2 is 1.41 bits per heavy atom. The molecule has 0 aromatic rings. The number of aliphatic carboxylic acids is 1. The van der Waals surface area contributed by atoms with Crippen LogP contribution in [0.3, 0.4) is 0 Å². The van der Waals surface area contributed by atoms with Gasteiger partial charge in [0.15, 0.2) is 0 Å². The van der Waals surface area contributed by atoms with Gasteiger partial charge in [-0.15, -0.1) is 0 Å². The van der Waals surface area contributed by atoms with Crippen LogP contribution in [0.15, 0.2) is 4.99 Å². The second kappa shape index (κ2) is 18.9. The van der Waals surface area contributed by atoms with Gasteiger partial charge in [-0.1, -0.05) is 96.8 Å². The zero-order chi connectivity index (χ0) is 21.0. The van der Waals surface area contributed by atoms with Crippen LogP contribution in [-0.4, -0.2) is 54.7 Å². The first kappa shape index (κ1) is 25.9. The Hall–Kier alpha value is -1.10. The van der Waals surface area contributed by atoms with Crippen molar-refractivity contribution in [3.05, 3.63) is 0 Å². The van der Waals surface area contributed by atoms with E-state index in [1.54, 1.807) is 0 Å². The van der Waals surface area contributed by atoms with Crippen LogP contribution < -0.4 is 0 Å². The highest BCUT2D eigenvalue weighted by atomic mass is 16.5. The molecule has 0 saturated carbocycles. The van der Waals surface area contributed by atoms with Crippen LogP contribution in [0.5, 0.6) is 0 Å². The second-order valence-corrected chi connectivity index (χ2v) is 8.43. The predicted octanol–water partition coefficient (Wildman–Crippen LogP) is 6.06. The second-order valence-electron chi connectivity index (χ2n) is 8.43.